The van der Waals surface area contributed by atoms with Crippen LogP contribution in [0.5, 0.6) is 0 Å². The molecule has 1 saturated carbocycles. The number of halogens is 3. The summed E-state index contributed by atoms with van der Waals surface area (Å²) in [5.74, 6) is -4.70. The zero-order chi connectivity index (χ0) is 20.8. The largest absolute Gasteiger partial charge is 0.393 e. The summed E-state index contributed by atoms with van der Waals surface area (Å²) in [4.78, 5) is 20.1. The maximum absolute atomic E-state index is 14.6. The first kappa shape index (κ1) is 20.0. The van der Waals surface area contributed by atoms with E-state index in [2.05, 4.69) is 4.98 Å². The second-order valence-corrected chi connectivity index (χ2v) is 8.36. The van der Waals surface area contributed by atoms with Crippen LogP contribution in [-0.4, -0.2) is 52.7 Å². The van der Waals surface area contributed by atoms with Crippen molar-refractivity contribution in [2.24, 2.45) is 5.41 Å². The Kier molecular flexibility index (Phi) is 5.15. The molecule has 1 N–H and O–H groups in total. The Labute approximate surface area is 166 Å². The lowest BCUT2D eigenvalue weighted by molar-refractivity contribution is -0.139. The van der Waals surface area contributed by atoms with Crippen molar-refractivity contribution >= 4 is 11.7 Å². The number of aliphatic hydroxyl groups is 1. The van der Waals surface area contributed by atoms with E-state index in [1.807, 2.05) is 4.90 Å². The minimum absolute atomic E-state index is 0.00656. The number of nitrogens with zero attached hydrogens (tertiary/aromatic N) is 4. The molecule has 0 aromatic carbocycles. The number of piperidine rings is 1. The highest BCUT2D eigenvalue weighted by Gasteiger charge is 2.51. The van der Waals surface area contributed by atoms with Gasteiger partial charge >= 0.3 is 0 Å². The lowest BCUT2D eigenvalue weighted by Gasteiger charge is -2.41. The maximum atomic E-state index is 14.6. The molecule has 0 unspecified atom stereocenters. The molecule has 9 heteroatoms. The highest BCUT2D eigenvalue weighted by molar-refractivity contribution is 5.86. The fourth-order valence-corrected chi connectivity index (χ4v) is 5.07. The van der Waals surface area contributed by atoms with Crippen molar-refractivity contribution in [3.8, 4) is 6.07 Å². The molecule has 3 fully saturated rings. The van der Waals surface area contributed by atoms with Gasteiger partial charge in [0.05, 0.1) is 11.5 Å². The number of hydrogen-bond donors (Lipinski definition) is 1. The zero-order valence-corrected chi connectivity index (χ0v) is 16.0. The minimum Gasteiger partial charge on any atom is -0.393 e. The molecule has 3 heterocycles. The maximum Gasteiger partial charge on any atom is 0.252 e. The molecular formula is C20H23F3N4O2. The number of nitriles is 1. The Morgan fingerprint density at radius 1 is 1.10 bits per heavy atom. The molecule has 1 aromatic rings. The van der Waals surface area contributed by atoms with E-state index in [1.165, 1.54) is 11.0 Å². The van der Waals surface area contributed by atoms with Gasteiger partial charge in [-0.15, -0.1) is 0 Å². The van der Waals surface area contributed by atoms with Gasteiger partial charge in [0.25, 0.3) is 5.95 Å². The summed E-state index contributed by atoms with van der Waals surface area (Å²) < 4.78 is 42.1. The number of anilines is 1. The molecule has 2 saturated heterocycles. The van der Waals surface area contributed by atoms with Gasteiger partial charge < -0.3 is 14.9 Å². The minimum atomic E-state index is -1.59. The van der Waals surface area contributed by atoms with Crippen LogP contribution >= 0.6 is 0 Å². The van der Waals surface area contributed by atoms with Crippen molar-refractivity contribution in [2.75, 3.05) is 24.5 Å². The summed E-state index contributed by atoms with van der Waals surface area (Å²) in [5, 5.41) is 18.7. The molecule has 1 aromatic heterocycles. The summed E-state index contributed by atoms with van der Waals surface area (Å²) in [6, 6.07) is 1.46. The number of hydrogen-bond acceptors (Lipinski definition) is 5. The molecule has 1 aliphatic carbocycles. The lowest BCUT2D eigenvalue weighted by Crippen LogP contribution is -2.50. The number of carbonyl (C=O) groups is 1. The molecule has 29 heavy (non-hydrogen) atoms. The number of carbonyl (C=O) groups excluding carboxylic acids is 1. The van der Waals surface area contributed by atoms with Crippen LogP contribution in [0.15, 0.2) is 0 Å². The number of likely N-dealkylation sites (tertiary alicyclic amines) is 1. The monoisotopic (exact) mass is 408 g/mol. The molecule has 3 aliphatic rings. The van der Waals surface area contributed by atoms with Crippen molar-refractivity contribution < 1.29 is 23.1 Å². The SMILES string of the molecule is N#Cc1c(F)c(F)nc(N2CCC[C@]3(CCN([C@H]4CC[C@H](O)CC4)C3=O)C2)c1F. The Morgan fingerprint density at radius 3 is 2.52 bits per heavy atom. The highest BCUT2D eigenvalue weighted by Crippen LogP contribution is 2.43. The molecule has 6 nitrogen and oxygen atoms in total. The second-order valence-electron chi connectivity index (χ2n) is 8.36. The molecule has 156 valence electrons. The van der Waals surface area contributed by atoms with Crippen LogP contribution < -0.4 is 4.90 Å². The average molecular weight is 408 g/mol. The average Bonchev–Trinajstić information content (AvgIpc) is 3.01. The van der Waals surface area contributed by atoms with Gasteiger partial charge in [0.1, 0.15) is 11.6 Å². The van der Waals surface area contributed by atoms with Crippen LogP contribution in [0.25, 0.3) is 0 Å². The summed E-state index contributed by atoms with van der Waals surface area (Å²) in [6.45, 7) is 1.12. The first-order valence-corrected chi connectivity index (χ1v) is 10.0. The fraction of sp³-hybridized carbons (Fsp3) is 0.650. The van der Waals surface area contributed by atoms with Gasteiger partial charge in [-0.1, -0.05) is 0 Å². The van der Waals surface area contributed by atoms with Crippen molar-refractivity contribution in [1.82, 2.24) is 9.88 Å². The molecular weight excluding hydrogens is 385 g/mol. The third kappa shape index (κ3) is 3.33. The summed E-state index contributed by atoms with van der Waals surface area (Å²) >= 11 is 0. The third-order valence-corrected chi connectivity index (χ3v) is 6.66. The van der Waals surface area contributed by atoms with Crippen molar-refractivity contribution in [3.63, 3.8) is 0 Å². The van der Waals surface area contributed by atoms with Crippen molar-refractivity contribution in [3.05, 3.63) is 23.1 Å². The summed E-state index contributed by atoms with van der Waals surface area (Å²) in [7, 11) is 0. The number of amides is 1. The van der Waals surface area contributed by atoms with Crippen LogP contribution in [0.2, 0.25) is 0 Å². The van der Waals surface area contributed by atoms with E-state index in [4.69, 9.17) is 5.26 Å². The molecule has 0 bridgehead atoms. The van der Waals surface area contributed by atoms with E-state index in [0.29, 0.717) is 45.2 Å². The number of rotatable bonds is 2. The van der Waals surface area contributed by atoms with Crippen molar-refractivity contribution in [1.29, 1.82) is 5.26 Å². The molecule has 4 rings (SSSR count). The smallest absolute Gasteiger partial charge is 0.252 e. The topological polar surface area (TPSA) is 80.5 Å². The van der Waals surface area contributed by atoms with E-state index >= 15 is 0 Å². The fourth-order valence-electron chi connectivity index (χ4n) is 5.07. The first-order chi connectivity index (χ1) is 13.9. The molecule has 1 atom stereocenters. The summed E-state index contributed by atoms with van der Waals surface area (Å²) in [5.41, 5.74) is -1.70. The van der Waals surface area contributed by atoms with E-state index < -0.39 is 34.4 Å². The quantitative estimate of drug-likeness (QED) is 0.761. The Bertz CT molecular complexity index is 866. The second kappa shape index (κ2) is 7.48. The zero-order valence-electron chi connectivity index (χ0n) is 16.0. The molecule has 2 aliphatic heterocycles. The van der Waals surface area contributed by atoms with E-state index in [-0.39, 0.29) is 24.6 Å². The Balaban J connectivity index is 1.57. The number of aromatic nitrogens is 1. The summed E-state index contributed by atoms with van der Waals surface area (Å²) in [6.07, 6.45) is 4.41. The molecule has 1 amide bonds. The highest BCUT2D eigenvalue weighted by atomic mass is 19.2. The van der Waals surface area contributed by atoms with E-state index in [0.717, 1.165) is 12.8 Å². The van der Waals surface area contributed by atoms with Crippen LogP contribution in [-0.2, 0) is 4.79 Å². The van der Waals surface area contributed by atoms with Crippen LogP contribution in [0, 0.1) is 34.3 Å². The van der Waals surface area contributed by atoms with Gasteiger partial charge in [-0.25, -0.2) is 8.78 Å². The van der Waals surface area contributed by atoms with E-state index in [9.17, 15) is 23.1 Å². The van der Waals surface area contributed by atoms with Gasteiger partial charge in [-0.2, -0.15) is 14.6 Å². The van der Waals surface area contributed by atoms with Crippen molar-refractivity contribution in [2.45, 2.75) is 57.1 Å². The molecule has 0 radical (unpaired) electrons. The van der Waals surface area contributed by atoms with Crippen LogP contribution in [0.4, 0.5) is 19.0 Å². The Hall–Kier alpha value is -2.34. The van der Waals surface area contributed by atoms with Crippen LogP contribution in [0.1, 0.15) is 50.5 Å². The van der Waals surface area contributed by atoms with E-state index in [1.54, 1.807) is 0 Å². The normalized spacial score (nSPS) is 30.1. The van der Waals surface area contributed by atoms with Gasteiger partial charge in [-0.3, -0.25) is 4.79 Å². The van der Waals surface area contributed by atoms with Gasteiger partial charge in [-0.05, 0) is 44.9 Å². The third-order valence-electron chi connectivity index (χ3n) is 6.66. The predicted octanol–water partition coefficient (Wildman–Crippen LogP) is 2.49. The predicted molar refractivity (Wildman–Crippen MR) is 97.3 cm³/mol. The van der Waals surface area contributed by atoms with Gasteiger partial charge in [0, 0.05) is 25.7 Å². The van der Waals surface area contributed by atoms with Crippen LogP contribution in [0.3, 0.4) is 0 Å². The Morgan fingerprint density at radius 2 is 1.83 bits per heavy atom. The number of aliphatic hydroxyl groups excluding tert-OH is 1. The first-order valence-electron chi connectivity index (χ1n) is 10.0. The van der Waals surface area contributed by atoms with Gasteiger partial charge in [0.15, 0.2) is 17.5 Å². The standard InChI is InChI=1S/C20H23F3N4O2/c21-15-14(10-24)16(22)18(25-17(15)23)26-8-1-6-20(11-26)7-9-27(19(20)29)12-2-4-13(28)5-3-12/h12-13,28H,1-9,11H2/t12-,13-,20-/m0/s1. The van der Waals surface area contributed by atoms with Gasteiger partial charge in [0.2, 0.25) is 5.91 Å². The lowest BCUT2D eigenvalue weighted by atomic mass is 9.78. The number of pyridine rings is 1. The molecule has 1 spiro atoms.